The number of rotatable bonds is 15. The van der Waals surface area contributed by atoms with Gasteiger partial charge in [-0.15, -0.1) is 0 Å². The molecule has 0 aliphatic carbocycles. The molecular formula is C22H38O3. The number of hydrogen-bond acceptors (Lipinski definition) is 3. The van der Waals surface area contributed by atoms with E-state index in [-0.39, 0.29) is 11.4 Å². The molecule has 0 radical (unpaired) electrons. The molecule has 144 valence electrons. The Morgan fingerprint density at radius 1 is 0.800 bits per heavy atom. The van der Waals surface area contributed by atoms with Crippen molar-refractivity contribution < 1.29 is 9.52 Å². The lowest BCUT2D eigenvalue weighted by molar-refractivity contribution is 0.420. The fourth-order valence-corrected chi connectivity index (χ4v) is 3.35. The zero-order chi connectivity index (χ0) is 18.3. The van der Waals surface area contributed by atoms with Crippen LogP contribution in [0.1, 0.15) is 108 Å². The average molecular weight is 351 g/mol. The predicted octanol–water partition coefficient (Wildman–Crippen LogP) is 6.68. The zero-order valence-corrected chi connectivity index (χ0v) is 16.4. The first-order valence-corrected chi connectivity index (χ1v) is 10.5. The van der Waals surface area contributed by atoms with E-state index in [1.54, 1.807) is 6.92 Å². The van der Waals surface area contributed by atoms with Crippen molar-refractivity contribution in [2.45, 2.75) is 110 Å². The molecule has 3 heteroatoms. The lowest BCUT2D eigenvalue weighted by Gasteiger charge is -2.05. The maximum Gasteiger partial charge on any atom is 0.342 e. The van der Waals surface area contributed by atoms with Crippen LogP contribution in [0.15, 0.2) is 15.3 Å². The summed E-state index contributed by atoms with van der Waals surface area (Å²) in [4.78, 5) is 11.7. The molecule has 0 bridgehead atoms. The molecule has 1 aromatic heterocycles. The lowest BCUT2D eigenvalue weighted by Crippen LogP contribution is -2.08. The normalized spacial score (nSPS) is 11.1. The zero-order valence-electron chi connectivity index (χ0n) is 16.4. The second-order valence-electron chi connectivity index (χ2n) is 7.35. The van der Waals surface area contributed by atoms with E-state index in [0.717, 1.165) is 12.8 Å². The number of aromatic hydroxyl groups is 1. The first kappa shape index (κ1) is 21.8. The van der Waals surface area contributed by atoms with E-state index in [2.05, 4.69) is 6.92 Å². The number of hydrogen-bond donors (Lipinski definition) is 1. The summed E-state index contributed by atoms with van der Waals surface area (Å²) < 4.78 is 5.04. The van der Waals surface area contributed by atoms with Crippen molar-refractivity contribution in [2.24, 2.45) is 0 Å². The summed E-state index contributed by atoms with van der Waals surface area (Å²) in [5, 5.41) is 9.82. The summed E-state index contributed by atoms with van der Waals surface area (Å²) in [5.41, 5.74) is 0.0525. The molecule has 1 rings (SSSR count). The van der Waals surface area contributed by atoms with Crippen molar-refractivity contribution in [2.75, 3.05) is 0 Å². The maximum atomic E-state index is 11.7. The SMILES string of the molecule is CCCCCCCCCCCCCCCCc1c(O)cc(C)oc1=O. The van der Waals surface area contributed by atoms with Crippen molar-refractivity contribution in [3.05, 3.63) is 27.8 Å². The molecule has 0 aliphatic rings. The second kappa shape index (κ2) is 14.0. The van der Waals surface area contributed by atoms with E-state index in [0.29, 0.717) is 17.7 Å². The van der Waals surface area contributed by atoms with Gasteiger partial charge in [-0.2, -0.15) is 0 Å². The van der Waals surface area contributed by atoms with Gasteiger partial charge in [0.1, 0.15) is 11.5 Å². The molecule has 0 aromatic carbocycles. The van der Waals surface area contributed by atoms with Gasteiger partial charge in [-0.05, 0) is 19.8 Å². The van der Waals surface area contributed by atoms with Crippen molar-refractivity contribution >= 4 is 0 Å². The van der Waals surface area contributed by atoms with Gasteiger partial charge in [-0.25, -0.2) is 4.79 Å². The van der Waals surface area contributed by atoms with Crippen LogP contribution in [-0.4, -0.2) is 5.11 Å². The van der Waals surface area contributed by atoms with Gasteiger partial charge in [0, 0.05) is 6.07 Å². The van der Waals surface area contributed by atoms with E-state index < -0.39 is 0 Å². The standard InChI is InChI=1S/C22H38O3/c1-3-4-5-6-7-8-9-10-11-12-13-14-15-16-17-20-21(23)18-19(2)25-22(20)24/h18,23H,3-17H2,1-2H3. The first-order chi connectivity index (χ1) is 12.1. The minimum Gasteiger partial charge on any atom is -0.507 e. The van der Waals surface area contributed by atoms with Crippen LogP contribution in [0.3, 0.4) is 0 Å². The van der Waals surface area contributed by atoms with Crippen molar-refractivity contribution in [1.29, 1.82) is 0 Å². The van der Waals surface area contributed by atoms with Crippen molar-refractivity contribution in [3.8, 4) is 5.75 Å². The Kier molecular flexibility index (Phi) is 12.2. The fourth-order valence-electron chi connectivity index (χ4n) is 3.35. The molecule has 0 fully saturated rings. The molecule has 0 saturated heterocycles. The van der Waals surface area contributed by atoms with Crippen LogP contribution >= 0.6 is 0 Å². The highest BCUT2D eigenvalue weighted by molar-refractivity contribution is 5.29. The number of aryl methyl sites for hydroxylation is 1. The lowest BCUT2D eigenvalue weighted by atomic mass is 10.0. The summed E-state index contributed by atoms with van der Waals surface area (Å²) in [7, 11) is 0. The van der Waals surface area contributed by atoms with E-state index in [9.17, 15) is 9.90 Å². The molecule has 0 spiro atoms. The molecule has 3 nitrogen and oxygen atoms in total. The van der Waals surface area contributed by atoms with Gasteiger partial charge in [0.15, 0.2) is 0 Å². The predicted molar refractivity (Wildman–Crippen MR) is 105 cm³/mol. The minimum atomic E-state index is -0.382. The quantitative estimate of drug-likeness (QED) is 0.359. The summed E-state index contributed by atoms with van der Waals surface area (Å²) in [6, 6.07) is 1.53. The van der Waals surface area contributed by atoms with E-state index in [1.165, 1.54) is 83.1 Å². The average Bonchev–Trinajstić information content (AvgIpc) is 2.57. The highest BCUT2D eigenvalue weighted by Gasteiger charge is 2.08. The van der Waals surface area contributed by atoms with E-state index in [1.807, 2.05) is 0 Å². The topological polar surface area (TPSA) is 50.4 Å². The molecular weight excluding hydrogens is 312 g/mol. The van der Waals surface area contributed by atoms with Gasteiger partial charge >= 0.3 is 5.63 Å². The molecule has 25 heavy (non-hydrogen) atoms. The number of unbranched alkanes of at least 4 members (excludes halogenated alkanes) is 13. The van der Waals surface area contributed by atoms with Crippen LogP contribution in [0.2, 0.25) is 0 Å². The fraction of sp³-hybridized carbons (Fsp3) is 0.773. The molecule has 1 N–H and O–H groups in total. The highest BCUT2D eigenvalue weighted by atomic mass is 16.4. The molecule has 0 amide bonds. The van der Waals surface area contributed by atoms with Crippen LogP contribution in [0.5, 0.6) is 5.75 Å². The summed E-state index contributed by atoms with van der Waals surface area (Å²) in [6.45, 7) is 3.95. The van der Waals surface area contributed by atoms with Crippen LogP contribution in [0, 0.1) is 6.92 Å². The molecule has 1 aromatic rings. The Morgan fingerprint density at radius 3 is 1.68 bits per heavy atom. The Morgan fingerprint density at radius 2 is 1.24 bits per heavy atom. The minimum absolute atomic E-state index is 0.0865. The van der Waals surface area contributed by atoms with Gasteiger partial charge in [0.05, 0.1) is 5.56 Å². The van der Waals surface area contributed by atoms with Gasteiger partial charge in [-0.1, -0.05) is 90.4 Å². The van der Waals surface area contributed by atoms with Crippen LogP contribution in [0.4, 0.5) is 0 Å². The maximum absolute atomic E-state index is 11.7. The van der Waals surface area contributed by atoms with Crippen molar-refractivity contribution in [1.82, 2.24) is 0 Å². The third kappa shape index (κ3) is 10.4. The molecule has 0 atom stereocenters. The van der Waals surface area contributed by atoms with Gasteiger partial charge in [-0.3, -0.25) is 0 Å². The summed E-state index contributed by atoms with van der Waals surface area (Å²) in [6.07, 6.45) is 19.0. The Bertz CT molecular complexity index is 504. The van der Waals surface area contributed by atoms with Crippen LogP contribution in [-0.2, 0) is 6.42 Å². The highest BCUT2D eigenvalue weighted by Crippen LogP contribution is 2.18. The van der Waals surface area contributed by atoms with Gasteiger partial charge < -0.3 is 9.52 Å². The Labute approximate surface area is 153 Å². The second-order valence-corrected chi connectivity index (χ2v) is 7.35. The van der Waals surface area contributed by atoms with E-state index >= 15 is 0 Å². The Hall–Kier alpha value is -1.25. The Balaban J connectivity index is 1.92. The van der Waals surface area contributed by atoms with Gasteiger partial charge in [0.25, 0.3) is 0 Å². The first-order valence-electron chi connectivity index (χ1n) is 10.5. The third-order valence-corrected chi connectivity index (χ3v) is 4.93. The van der Waals surface area contributed by atoms with Crippen LogP contribution in [0.25, 0.3) is 0 Å². The van der Waals surface area contributed by atoms with Crippen molar-refractivity contribution in [3.63, 3.8) is 0 Å². The largest absolute Gasteiger partial charge is 0.507 e. The molecule has 0 aliphatic heterocycles. The summed E-state index contributed by atoms with van der Waals surface area (Å²) >= 11 is 0. The summed E-state index contributed by atoms with van der Waals surface area (Å²) in [5.74, 6) is 0.552. The molecule has 0 unspecified atom stereocenters. The van der Waals surface area contributed by atoms with Crippen LogP contribution < -0.4 is 5.63 Å². The third-order valence-electron chi connectivity index (χ3n) is 4.93. The smallest absolute Gasteiger partial charge is 0.342 e. The van der Waals surface area contributed by atoms with Gasteiger partial charge in [0.2, 0.25) is 0 Å². The molecule has 0 saturated carbocycles. The van der Waals surface area contributed by atoms with E-state index in [4.69, 9.17) is 4.42 Å². The molecule has 1 heterocycles. The monoisotopic (exact) mass is 350 g/mol.